The van der Waals surface area contributed by atoms with Gasteiger partial charge in [0.25, 0.3) is 5.91 Å². The Morgan fingerprint density at radius 3 is 2.76 bits per heavy atom. The molecule has 1 aromatic heterocycles. The summed E-state index contributed by atoms with van der Waals surface area (Å²) < 4.78 is 5.34. The molecule has 1 atom stereocenters. The van der Waals surface area contributed by atoms with Gasteiger partial charge < -0.3 is 20.3 Å². The third-order valence-corrected chi connectivity index (χ3v) is 2.67. The van der Waals surface area contributed by atoms with Crippen LogP contribution in [0.2, 0.25) is 0 Å². The normalized spacial score (nSPS) is 13.5. The van der Waals surface area contributed by atoms with E-state index in [9.17, 15) is 4.79 Å². The topological polar surface area (TPSA) is 92.1 Å². The second-order valence-corrected chi connectivity index (χ2v) is 3.74. The molecule has 94 valence electrons. The molecule has 0 saturated carbocycles. The quantitative estimate of drug-likeness (QED) is 0.355. The maximum atomic E-state index is 12.0. The van der Waals surface area contributed by atoms with Crippen molar-refractivity contribution in [2.24, 2.45) is 10.9 Å². The van der Waals surface area contributed by atoms with Crippen LogP contribution in [-0.4, -0.2) is 34.9 Å². The van der Waals surface area contributed by atoms with Crippen molar-refractivity contribution in [1.29, 1.82) is 0 Å². The van der Waals surface area contributed by atoms with Crippen molar-refractivity contribution in [3.05, 3.63) is 23.7 Å². The van der Waals surface area contributed by atoms with E-state index in [-0.39, 0.29) is 17.5 Å². The summed E-state index contributed by atoms with van der Waals surface area (Å²) in [5.74, 6) is 0.673. The zero-order chi connectivity index (χ0) is 13.0. The number of aryl methyl sites for hydroxylation is 1. The third kappa shape index (κ3) is 2.77. The second-order valence-electron chi connectivity index (χ2n) is 3.74. The predicted molar refractivity (Wildman–Crippen MR) is 63.1 cm³/mol. The molecule has 0 spiro atoms. The smallest absolute Gasteiger partial charge is 0.289 e. The van der Waals surface area contributed by atoms with Crippen LogP contribution in [0.25, 0.3) is 0 Å². The van der Waals surface area contributed by atoms with Crippen LogP contribution in [0.1, 0.15) is 30.2 Å². The minimum absolute atomic E-state index is 0.0249. The Morgan fingerprint density at radius 1 is 1.65 bits per heavy atom. The summed E-state index contributed by atoms with van der Waals surface area (Å²) in [6.07, 6.45) is 0.729. The standard InChI is InChI=1S/C11H17N3O3/c1-4-8-5-6-9(17-8)11(15)14(3)7(2)10(12)13-16/h5-7,16H,4H2,1-3H3,(H2,12,13). The summed E-state index contributed by atoms with van der Waals surface area (Å²) in [6.45, 7) is 3.60. The average Bonchev–Trinajstić information content (AvgIpc) is 2.83. The molecular weight excluding hydrogens is 222 g/mol. The highest BCUT2D eigenvalue weighted by Gasteiger charge is 2.22. The highest BCUT2D eigenvalue weighted by atomic mass is 16.4. The summed E-state index contributed by atoms with van der Waals surface area (Å²) in [5.41, 5.74) is 5.44. The number of hydrogen-bond donors (Lipinski definition) is 2. The lowest BCUT2D eigenvalue weighted by molar-refractivity contribution is 0.0742. The van der Waals surface area contributed by atoms with E-state index in [1.54, 1.807) is 26.1 Å². The third-order valence-electron chi connectivity index (χ3n) is 2.67. The molecule has 0 radical (unpaired) electrons. The molecular formula is C11H17N3O3. The van der Waals surface area contributed by atoms with Crippen molar-refractivity contribution in [2.75, 3.05) is 7.05 Å². The van der Waals surface area contributed by atoms with Gasteiger partial charge in [-0.25, -0.2) is 0 Å². The number of nitrogens with two attached hydrogens (primary N) is 1. The van der Waals surface area contributed by atoms with Crippen LogP contribution >= 0.6 is 0 Å². The van der Waals surface area contributed by atoms with Gasteiger partial charge in [-0.3, -0.25) is 4.79 Å². The van der Waals surface area contributed by atoms with Gasteiger partial charge in [0.05, 0.1) is 6.04 Å². The van der Waals surface area contributed by atoms with Gasteiger partial charge >= 0.3 is 0 Å². The molecule has 1 rings (SSSR count). The maximum Gasteiger partial charge on any atom is 0.289 e. The van der Waals surface area contributed by atoms with Crippen molar-refractivity contribution < 1.29 is 14.4 Å². The SMILES string of the molecule is CCc1ccc(C(=O)N(C)C(C)C(N)=NO)o1. The highest BCUT2D eigenvalue weighted by Crippen LogP contribution is 2.12. The van der Waals surface area contributed by atoms with Crippen molar-refractivity contribution >= 4 is 11.7 Å². The number of hydrogen-bond acceptors (Lipinski definition) is 4. The van der Waals surface area contributed by atoms with Crippen LogP contribution in [0, 0.1) is 0 Å². The van der Waals surface area contributed by atoms with Gasteiger partial charge in [0.2, 0.25) is 0 Å². The molecule has 1 amide bonds. The Labute approximate surface area is 99.7 Å². The first-order valence-electron chi connectivity index (χ1n) is 5.34. The second kappa shape index (κ2) is 5.38. The van der Waals surface area contributed by atoms with Crippen LogP contribution in [0.15, 0.2) is 21.7 Å². The summed E-state index contributed by atoms with van der Waals surface area (Å²) in [4.78, 5) is 13.3. The minimum Gasteiger partial charge on any atom is -0.456 e. The Balaban J connectivity index is 2.82. The lowest BCUT2D eigenvalue weighted by Gasteiger charge is -2.22. The Kier molecular flexibility index (Phi) is 4.14. The van der Waals surface area contributed by atoms with Crippen molar-refractivity contribution in [1.82, 2.24) is 4.90 Å². The van der Waals surface area contributed by atoms with E-state index in [2.05, 4.69) is 5.16 Å². The molecule has 1 aromatic rings. The zero-order valence-electron chi connectivity index (χ0n) is 10.2. The molecule has 0 aliphatic heterocycles. The van der Waals surface area contributed by atoms with Crippen molar-refractivity contribution in [3.8, 4) is 0 Å². The molecule has 6 heteroatoms. The first kappa shape index (κ1) is 13.1. The van der Waals surface area contributed by atoms with Gasteiger partial charge in [-0.05, 0) is 19.1 Å². The summed E-state index contributed by atoms with van der Waals surface area (Å²) in [6, 6.07) is 2.88. The lowest BCUT2D eigenvalue weighted by Crippen LogP contribution is -2.43. The van der Waals surface area contributed by atoms with Gasteiger partial charge in [0.1, 0.15) is 5.76 Å². The van der Waals surface area contributed by atoms with E-state index >= 15 is 0 Å². The van der Waals surface area contributed by atoms with Crippen LogP contribution < -0.4 is 5.73 Å². The molecule has 3 N–H and O–H groups in total. The van der Waals surface area contributed by atoms with Gasteiger partial charge in [0, 0.05) is 13.5 Å². The molecule has 0 fully saturated rings. The molecule has 0 aliphatic carbocycles. The number of amidine groups is 1. The fourth-order valence-corrected chi connectivity index (χ4v) is 1.31. The van der Waals surface area contributed by atoms with Crippen molar-refractivity contribution in [2.45, 2.75) is 26.3 Å². The van der Waals surface area contributed by atoms with Gasteiger partial charge in [-0.2, -0.15) is 0 Å². The number of furan rings is 1. The molecule has 17 heavy (non-hydrogen) atoms. The van der Waals surface area contributed by atoms with Crippen LogP contribution in [0.4, 0.5) is 0 Å². The number of carbonyl (C=O) groups excluding carboxylic acids is 1. The number of likely N-dealkylation sites (N-methyl/N-ethyl adjacent to an activating group) is 1. The molecule has 0 aromatic carbocycles. The molecule has 6 nitrogen and oxygen atoms in total. The van der Waals surface area contributed by atoms with E-state index in [1.807, 2.05) is 6.92 Å². The fourth-order valence-electron chi connectivity index (χ4n) is 1.31. The largest absolute Gasteiger partial charge is 0.456 e. The Bertz CT molecular complexity index is 425. The molecule has 1 unspecified atom stereocenters. The van der Waals surface area contributed by atoms with E-state index in [0.717, 1.165) is 12.2 Å². The minimum atomic E-state index is -0.498. The average molecular weight is 239 g/mol. The maximum absolute atomic E-state index is 12.0. The number of nitrogens with zero attached hydrogens (tertiary/aromatic N) is 2. The predicted octanol–water partition coefficient (Wildman–Crippen LogP) is 1.05. The van der Waals surface area contributed by atoms with Crippen LogP contribution in [-0.2, 0) is 6.42 Å². The summed E-state index contributed by atoms with van der Waals surface area (Å²) in [5, 5.41) is 11.4. The van der Waals surface area contributed by atoms with Gasteiger partial charge in [0.15, 0.2) is 11.6 Å². The van der Waals surface area contributed by atoms with E-state index < -0.39 is 6.04 Å². The van der Waals surface area contributed by atoms with Gasteiger partial charge in [-0.15, -0.1) is 0 Å². The van der Waals surface area contributed by atoms with E-state index in [1.165, 1.54) is 4.90 Å². The van der Waals surface area contributed by atoms with Crippen molar-refractivity contribution in [3.63, 3.8) is 0 Å². The number of carbonyl (C=O) groups is 1. The van der Waals surface area contributed by atoms with Crippen LogP contribution in [0.5, 0.6) is 0 Å². The fraction of sp³-hybridized carbons (Fsp3) is 0.455. The summed E-state index contributed by atoms with van der Waals surface area (Å²) in [7, 11) is 1.57. The lowest BCUT2D eigenvalue weighted by atomic mass is 10.2. The van der Waals surface area contributed by atoms with Gasteiger partial charge in [-0.1, -0.05) is 12.1 Å². The zero-order valence-corrected chi connectivity index (χ0v) is 10.2. The van der Waals surface area contributed by atoms with E-state index in [4.69, 9.17) is 15.4 Å². The Hall–Kier alpha value is -1.98. The highest BCUT2D eigenvalue weighted by molar-refractivity contribution is 5.96. The first-order valence-corrected chi connectivity index (χ1v) is 5.34. The first-order chi connectivity index (χ1) is 8.01. The molecule has 0 aliphatic rings. The monoisotopic (exact) mass is 239 g/mol. The Morgan fingerprint density at radius 2 is 2.29 bits per heavy atom. The number of rotatable bonds is 4. The number of amides is 1. The van der Waals surface area contributed by atoms with E-state index in [0.29, 0.717) is 0 Å². The molecule has 0 bridgehead atoms. The summed E-state index contributed by atoms with van der Waals surface area (Å²) >= 11 is 0. The van der Waals surface area contributed by atoms with Crippen LogP contribution in [0.3, 0.4) is 0 Å². The number of oxime groups is 1. The molecule has 1 heterocycles. The molecule has 0 saturated heterocycles.